The lowest BCUT2D eigenvalue weighted by atomic mass is 9.81. The van der Waals surface area contributed by atoms with E-state index in [2.05, 4.69) is 4.90 Å². The monoisotopic (exact) mass is 560 g/mol. The molecule has 1 atom stereocenters. The highest BCUT2D eigenvalue weighted by Crippen LogP contribution is 2.45. The zero-order valence-corrected chi connectivity index (χ0v) is 22.7. The number of hydrogen-bond acceptors (Lipinski definition) is 11. The van der Waals surface area contributed by atoms with Gasteiger partial charge in [0.15, 0.2) is 0 Å². The second-order valence-corrected chi connectivity index (χ2v) is 9.39. The van der Waals surface area contributed by atoms with E-state index < -0.39 is 40.1 Å². The molecule has 4 rings (SSSR count). The molecule has 1 amide bonds. The molecule has 0 aliphatic carbocycles. The number of nitro benzene ring substituents is 1. The van der Waals surface area contributed by atoms with Gasteiger partial charge in [-0.3, -0.25) is 19.8 Å². The summed E-state index contributed by atoms with van der Waals surface area (Å²) in [5, 5.41) is 22.5. The van der Waals surface area contributed by atoms with Crippen molar-refractivity contribution in [3.8, 4) is 6.07 Å². The molecule has 2 aromatic rings. The lowest BCUT2D eigenvalue weighted by molar-refractivity contribution is -0.384. The molecule has 0 aromatic heterocycles. The quantitative estimate of drug-likeness (QED) is 0.310. The number of piperazine rings is 1. The molecule has 0 saturated carbocycles. The number of ether oxygens (including phenoxy) is 2. The minimum absolute atomic E-state index is 0.0593. The first-order valence-electron chi connectivity index (χ1n) is 12.6. The Kier molecular flexibility index (Phi) is 8.34. The Labute approximate surface area is 235 Å². The van der Waals surface area contributed by atoms with E-state index >= 15 is 0 Å². The van der Waals surface area contributed by atoms with Crippen LogP contribution in [0.2, 0.25) is 0 Å². The number of carbonyl (C=O) groups is 3. The minimum Gasteiger partial charge on any atom is -0.466 e. The topological polar surface area (TPSA) is 172 Å². The van der Waals surface area contributed by atoms with Gasteiger partial charge in [0.05, 0.1) is 42.3 Å². The minimum atomic E-state index is -1.13. The van der Waals surface area contributed by atoms with E-state index in [1.807, 2.05) is 13.1 Å². The molecule has 13 nitrogen and oxygen atoms in total. The number of benzene rings is 2. The van der Waals surface area contributed by atoms with E-state index in [4.69, 9.17) is 15.2 Å². The maximum Gasteiger partial charge on any atom is 0.355 e. The summed E-state index contributed by atoms with van der Waals surface area (Å²) in [5.74, 6) is -3.85. The molecule has 13 heteroatoms. The molecular formula is C28H28N6O7. The molecule has 0 spiro atoms. The van der Waals surface area contributed by atoms with Crippen molar-refractivity contribution in [1.82, 2.24) is 9.80 Å². The summed E-state index contributed by atoms with van der Waals surface area (Å²) >= 11 is 0. The number of hydrogen-bond donors (Lipinski definition) is 1. The molecule has 1 unspecified atom stereocenters. The second-order valence-electron chi connectivity index (χ2n) is 9.39. The summed E-state index contributed by atoms with van der Waals surface area (Å²) in [6.45, 7) is 2.22. The zero-order valence-electron chi connectivity index (χ0n) is 22.7. The van der Waals surface area contributed by atoms with Crippen molar-refractivity contribution in [1.29, 1.82) is 5.26 Å². The average molecular weight is 561 g/mol. The van der Waals surface area contributed by atoms with Gasteiger partial charge in [0, 0.05) is 37.8 Å². The number of amides is 1. The van der Waals surface area contributed by atoms with E-state index in [9.17, 15) is 29.8 Å². The molecule has 0 bridgehead atoms. The van der Waals surface area contributed by atoms with Crippen molar-refractivity contribution < 1.29 is 28.8 Å². The molecule has 2 heterocycles. The predicted octanol–water partition coefficient (Wildman–Crippen LogP) is 1.88. The number of anilines is 1. The number of nitrogens with two attached hydrogens (primary N) is 1. The van der Waals surface area contributed by atoms with Crippen molar-refractivity contribution in [3.63, 3.8) is 0 Å². The fourth-order valence-corrected chi connectivity index (χ4v) is 4.95. The van der Waals surface area contributed by atoms with Gasteiger partial charge in [-0.1, -0.05) is 30.3 Å². The molecule has 0 radical (unpaired) electrons. The highest BCUT2D eigenvalue weighted by Gasteiger charge is 2.44. The first kappa shape index (κ1) is 28.8. The molecule has 1 fully saturated rings. The Hall–Kier alpha value is -5.22. The van der Waals surface area contributed by atoms with Crippen LogP contribution in [0.5, 0.6) is 0 Å². The third-order valence-corrected chi connectivity index (χ3v) is 7.06. The van der Waals surface area contributed by atoms with Crippen molar-refractivity contribution in [2.24, 2.45) is 5.73 Å². The largest absolute Gasteiger partial charge is 0.466 e. The third-order valence-electron chi connectivity index (χ3n) is 7.06. The van der Waals surface area contributed by atoms with Crippen LogP contribution >= 0.6 is 0 Å². The predicted molar refractivity (Wildman–Crippen MR) is 146 cm³/mol. The molecule has 2 aliphatic heterocycles. The van der Waals surface area contributed by atoms with Gasteiger partial charge in [-0.25, -0.2) is 9.59 Å². The number of rotatable bonds is 6. The van der Waals surface area contributed by atoms with Crippen LogP contribution < -0.4 is 10.6 Å². The lowest BCUT2D eigenvalue weighted by Gasteiger charge is -2.35. The third kappa shape index (κ3) is 5.32. The maximum absolute atomic E-state index is 13.3. The Morgan fingerprint density at radius 3 is 2.22 bits per heavy atom. The zero-order chi connectivity index (χ0) is 29.8. The highest BCUT2D eigenvalue weighted by atomic mass is 16.6. The van der Waals surface area contributed by atoms with Crippen molar-refractivity contribution >= 4 is 29.2 Å². The molecular weight excluding hydrogens is 532 g/mol. The van der Waals surface area contributed by atoms with Crippen molar-refractivity contribution in [2.45, 2.75) is 5.92 Å². The number of nitriles is 1. The number of esters is 2. The highest BCUT2D eigenvalue weighted by molar-refractivity contribution is 6.07. The van der Waals surface area contributed by atoms with E-state index in [0.29, 0.717) is 31.7 Å². The molecule has 2 aliphatic rings. The van der Waals surface area contributed by atoms with Crippen molar-refractivity contribution in [2.75, 3.05) is 52.3 Å². The summed E-state index contributed by atoms with van der Waals surface area (Å²) in [4.78, 5) is 55.9. The number of methoxy groups -OCH3 is 2. The van der Waals surface area contributed by atoms with Crippen LogP contribution in [0.4, 0.5) is 11.4 Å². The molecule has 1 saturated heterocycles. The van der Waals surface area contributed by atoms with Gasteiger partial charge in [0.1, 0.15) is 17.2 Å². The number of nitro groups is 1. The number of carbonyl (C=O) groups excluding carboxylic acids is 3. The molecule has 212 valence electrons. The van der Waals surface area contributed by atoms with Crippen LogP contribution in [0.25, 0.3) is 0 Å². The van der Waals surface area contributed by atoms with E-state index in [1.54, 1.807) is 35.2 Å². The fraction of sp³-hybridized carbons (Fsp3) is 0.286. The maximum atomic E-state index is 13.3. The Morgan fingerprint density at radius 2 is 1.66 bits per heavy atom. The van der Waals surface area contributed by atoms with E-state index in [1.165, 1.54) is 12.1 Å². The van der Waals surface area contributed by atoms with E-state index in [-0.39, 0.29) is 28.2 Å². The Balaban J connectivity index is 1.95. The number of likely N-dealkylation sites (N-methyl/N-ethyl adjacent to an activating group) is 1. The number of allylic oxidation sites excluding steroid dienone is 1. The fourth-order valence-electron chi connectivity index (χ4n) is 4.95. The Morgan fingerprint density at radius 1 is 1.02 bits per heavy atom. The van der Waals surface area contributed by atoms with Gasteiger partial charge in [-0.15, -0.1) is 0 Å². The van der Waals surface area contributed by atoms with Gasteiger partial charge >= 0.3 is 11.9 Å². The van der Waals surface area contributed by atoms with Gasteiger partial charge in [0.2, 0.25) is 0 Å². The van der Waals surface area contributed by atoms with Crippen LogP contribution in [-0.4, -0.2) is 80.0 Å². The summed E-state index contributed by atoms with van der Waals surface area (Å²) in [7, 11) is 4.11. The van der Waals surface area contributed by atoms with Gasteiger partial charge < -0.3 is 25.0 Å². The summed E-state index contributed by atoms with van der Waals surface area (Å²) in [6.07, 6.45) is 0. The standard InChI is InChI=1S/C28H28N6O7/c1-31-11-13-32(14-12-31)26(35)18-9-10-20(21(15-18)34(38)39)33-24(28(37)41-3)23(27(36)40-2)22(19(16-29)25(33)30)17-7-5-4-6-8-17/h4-10,15,22H,11-14,30H2,1-3H3. The van der Waals surface area contributed by atoms with Gasteiger partial charge in [0.25, 0.3) is 11.6 Å². The van der Waals surface area contributed by atoms with Crippen LogP contribution in [0.15, 0.2) is 71.2 Å². The lowest BCUT2D eigenvalue weighted by Crippen LogP contribution is -2.47. The summed E-state index contributed by atoms with van der Waals surface area (Å²) < 4.78 is 9.97. The van der Waals surface area contributed by atoms with Crippen LogP contribution in [0, 0.1) is 21.4 Å². The second kappa shape index (κ2) is 11.9. The van der Waals surface area contributed by atoms with Gasteiger partial charge in [-0.05, 0) is 24.7 Å². The first-order chi connectivity index (χ1) is 19.6. The smallest absolute Gasteiger partial charge is 0.355 e. The molecule has 2 aromatic carbocycles. The van der Waals surface area contributed by atoms with Crippen LogP contribution in [-0.2, 0) is 19.1 Å². The average Bonchev–Trinajstić information content (AvgIpc) is 2.99. The Bertz CT molecular complexity index is 1500. The normalized spacial score (nSPS) is 17.7. The summed E-state index contributed by atoms with van der Waals surface area (Å²) in [5.41, 5.74) is 5.27. The van der Waals surface area contributed by atoms with Crippen LogP contribution in [0.1, 0.15) is 21.8 Å². The van der Waals surface area contributed by atoms with Crippen molar-refractivity contribution in [3.05, 3.63) is 92.4 Å². The van der Waals surface area contributed by atoms with E-state index in [0.717, 1.165) is 25.2 Å². The summed E-state index contributed by atoms with van der Waals surface area (Å²) in [6, 6.07) is 14.1. The number of nitrogens with zero attached hydrogens (tertiary/aromatic N) is 5. The first-order valence-corrected chi connectivity index (χ1v) is 12.6. The molecule has 2 N–H and O–H groups in total. The SMILES string of the molecule is COC(=O)C1=C(C(=O)OC)N(c2ccc(C(=O)N3CCN(C)CC3)cc2[N+](=O)[O-])C(N)=C(C#N)C1c1ccccc1. The molecule has 41 heavy (non-hydrogen) atoms. The van der Waals surface area contributed by atoms with Crippen LogP contribution in [0.3, 0.4) is 0 Å². The van der Waals surface area contributed by atoms with Gasteiger partial charge in [-0.2, -0.15) is 5.26 Å².